The summed E-state index contributed by atoms with van der Waals surface area (Å²) in [4.78, 5) is 28.7. The number of hydrogen-bond acceptors (Lipinski definition) is 3. The van der Waals surface area contributed by atoms with Crippen LogP contribution in [0, 0.1) is 0 Å². The molecule has 0 aromatic carbocycles. The Kier molecular flexibility index (Phi) is 5.46. The molecule has 2 atom stereocenters. The molecule has 2 heterocycles. The monoisotopic (exact) mass is 343 g/mol. The molecular weight excluding hydrogens is 323 g/mol. The first-order valence-corrected chi connectivity index (χ1v) is 7.81. The fourth-order valence-electron chi connectivity index (χ4n) is 2.97. The number of carbonyl (C=O) groups excluding carboxylic acids is 2. The van der Waals surface area contributed by atoms with Crippen molar-refractivity contribution in [3.63, 3.8) is 0 Å². The SMILES string of the molecule is CCc1cnccc1C(=O)N[C@@H]1CC[C@H](C(F)(F)F)N(C(C)=O)C1. The number of carbonyl (C=O) groups is 2. The molecule has 8 heteroatoms. The number of nitrogens with one attached hydrogen (secondary N) is 1. The zero-order valence-electron chi connectivity index (χ0n) is 13.6. The van der Waals surface area contributed by atoms with Gasteiger partial charge >= 0.3 is 6.18 Å². The Morgan fingerprint density at radius 3 is 2.67 bits per heavy atom. The van der Waals surface area contributed by atoms with Gasteiger partial charge < -0.3 is 10.2 Å². The van der Waals surface area contributed by atoms with Gasteiger partial charge in [-0.1, -0.05) is 6.92 Å². The van der Waals surface area contributed by atoms with Crippen LogP contribution in [0.5, 0.6) is 0 Å². The minimum absolute atomic E-state index is 0.141. The van der Waals surface area contributed by atoms with Crippen molar-refractivity contribution in [1.29, 1.82) is 0 Å². The number of alkyl halides is 3. The summed E-state index contributed by atoms with van der Waals surface area (Å²) < 4.78 is 39.1. The topological polar surface area (TPSA) is 62.3 Å². The first kappa shape index (κ1) is 18.2. The van der Waals surface area contributed by atoms with Crippen LogP contribution in [-0.2, 0) is 11.2 Å². The Hall–Kier alpha value is -2.12. The minimum Gasteiger partial charge on any atom is -0.348 e. The second-order valence-electron chi connectivity index (χ2n) is 5.86. The summed E-state index contributed by atoms with van der Waals surface area (Å²) in [6.07, 6.45) is -0.788. The predicted octanol–water partition coefficient (Wildman–Crippen LogP) is 2.32. The number of likely N-dealkylation sites (tertiary alicyclic amines) is 1. The number of halogens is 3. The molecule has 0 unspecified atom stereocenters. The highest BCUT2D eigenvalue weighted by Crippen LogP contribution is 2.32. The van der Waals surface area contributed by atoms with Crippen LogP contribution in [0.15, 0.2) is 18.5 Å². The third-order valence-electron chi connectivity index (χ3n) is 4.23. The molecule has 0 radical (unpaired) electrons. The molecule has 132 valence electrons. The second-order valence-corrected chi connectivity index (χ2v) is 5.86. The number of piperidine rings is 1. The Labute approximate surface area is 138 Å². The van der Waals surface area contributed by atoms with Gasteiger partial charge in [-0.15, -0.1) is 0 Å². The van der Waals surface area contributed by atoms with Crippen LogP contribution in [0.3, 0.4) is 0 Å². The minimum atomic E-state index is -4.46. The van der Waals surface area contributed by atoms with E-state index in [4.69, 9.17) is 0 Å². The maximum absolute atomic E-state index is 13.0. The number of amides is 2. The van der Waals surface area contributed by atoms with E-state index in [1.54, 1.807) is 12.3 Å². The average molecular weight is 343 g/mol. The quantitative estimate of drug-likeness (QED) is 0.916. The van der Waals surface area contributed by atoms with Crippen LogP contribution in [0.25, 0.3) is 0 Å². The maximum Gasteiger partial charge on any atom is 0.408 e. The highest BCUT2D eigenvalue weighted by molar-refractivity contribution is 5.95. The summed E-state index contributed by atoms with van der Waals surface area (Å²) in [5, 5.41) is 2.74. The van der Waals surface area contributed by atoms with E-state index in [0.29, 0.717) is 12.0 Å². The maximum atomic E-state index is 13.0. The summed E-state index contributed by atoms with van der Waals surface area (Å²) in [5.74, 6) is -0.998. The average Bonchev–Trinajstić information content (AvgIpc) is 2.53. The van der Waals surface area contributed by atoms with Crippen molar-refractivity contribution in [2.75, 3.05) is 6.54 Å². The molecule has 1 aliphatic heterocycles. The molecule has 1 N–H and O–H groups in total. The van der Waals surface area contributed by atoms with Crippen LogP contribution >= 0.6 is 0 Å². The largest absolute Gasteiger partial charge is 0.408 e. The van der Waals surface area contributed by atoms with E-state index in [1.165, 1.54) is 6.20 Å². The molecule has 0 spiro atoms. The van der Waals surface area contributed by atoms with Crippen LogP contribution in [0.2, 0.25) is 0 Å². The van der Waals surface area contributed by atoms with Crippen LogP contribution in [0.4, 0.5) is 13.2 Å². The van der Waals surface area contributed by atoms with Crippen molar-refractivity contribution in [1.82, 2.24) is 15.2 Å². The van der Waals surface area contributed by atoms with Crippen molar-refractivity contribution >= 4 is 11.8 Å². The molecular formula is C16H20F3N3O2. The van der Waals surface area contributed by atoms with Gasteiger partial charge in [-0.3, -0.25) is 14.6 Å². The number of pyridine rings is 1. The molecule has 24 heavy (non-hydrogen) atoms. The highest BCUT2D eigenvalue weighted by Gasteiger charge is 2.47. The lowest BCUT2D eigenvalue weighted by molar-refractivity contribution is -0.196. The fraction of sp³-hybridized carbons (Fsp3) is 0.562. The number of aromatic nitrogens is 1. The Morgan fingerprint density at radius 2 is 2.08 bits per heavy atom. The van der Waals surface area contributed by atoms with Crippen LogP contribution in [0.1, 0.15) is 42.6 Å². The zero-order valence-corrected chi connectivity index (χ0v) is 13.6. The van der Waals surface area contributed by atoms with Crippen molar-refractivity contribution in [2.24, 2.45) is 0 Å². The zero-order chi connectivity index (χ0) is 17.9. The van der Waals surface area contributed by atoms with Gasteiger partial charge in [-0.05, 0) is 30.9 Å². The lowest BCUT2D eigenvalue weighted by Crippen LogP contribution is -2.57. The first-order chi connectivity index (χ1) is 11.2. The Balaban J connectivity index is 2.09. The van der Waals surface area contributed by atoms with E-state index in [9.17, 15) is 22.8 Å². The van der Waals surface area contributed by atoms with Gasteiger partial charge in [-0.25, -0.2) is 0 Å². The summed E-state index contributed by atoms with van der Waals surface area (Å²) in [6.45, 7) is 2.86. The van der Waals surface area contributed by atoms with E-state index in [0.717, 1.165) is 17.4 Å². The van der Waals surface area contributed by atoms with Gasteiger partial charge in [0.15, 0.2) is 0 Å². The lowest BCUT2D eigenvalue weighted by atomic mass is 9.97. The number of rotatable bonds is 3. The van der Waals surface area contributed by atoms with Crippen molar-refractivity contribution < 1.29 is 22.8 Å². The Bertz CT molecular complexity index is 619. The Morgan fingerprint density at radius 1 is 1.38 bits per heavy atom. The van der Waals surface area contributed by atoms with E-state index < -0.39 is 24.2 Å². The van der Waals surface area contributed by atoms with Gasteiger partial charge in [0.25, 0.3) is 5.91 Å². The van der Waals surface area contributed by atoms with E-state index in [1.807, 2.05) is 6.92 Å². The number of hydrogen-bond donors (Lipinski definition) is 1. The summed E-state index contributed by atoms with van der Waals surface area (Å²) in [7, 11) is 0. The lowest BCUT2D eigenvalue weighted by Gasteiger charge is -2.40. The summed E-state index contributed by atoms with van der Waals surface area (Å²) in [6, 6.07) is -0.703. The smallest absolute Gasteiger partial charge is 0.348 e. The number of aryl methyl sites for hydroxylation is 1. The molecule has 2 amide bonds. The second kappa shape index (κ2) is 7.19. The first-order valence-electron chi connectivity index (χ1n) is 7.81. The van der Waals surface area contributed by atoms with E-state index in [2.05, 4.69) is 10.3 Å². The van der Waals surface area contributed by atoms with Gasteiger partial charge in [0.2, 0.25) is 5.91 Å². The third kappa shape index (κ3) is 4.04. The molecule has 0 saturated carbocycles. The third-order valence-corrected chi connectivity index (χ3v) is 4.23. The highest BCUT2D eigenvalue weighted by atomic mass is 19.4. The summed E-state index contributed by atoms with van der Waals surface area (Å²) in [5.41, 5.74) is 1.22. The van der Waals surface area contributed by atoms with Gasteiger partial charge in [0.1, 0.15) is 6.04 Å². The molecule has 1 aromatic heterocycles. The van der Waals surface area contributed by atoms with Crippen molar-refractivity contribution in [3.05, 3.63) is 29.6 Å². The summed E-state index contributed by atoms with van der Waals surface area (Å²) >= 11 is 0. The van der Waals surface area contributed by atoms with Crippen LogP contribution < -0.4 is 5.32 Å². The molecule has 1 saturated heterocycles. The van der Waals surface area contributed by atoms with Crippen molar-refractivity contribution in [2.45, 2.75) is 51.4 Å². The molecule has 5 nitrogen and oxygen atoms in total. The predicted molar refractivity (Wildman–Crippen MR) is 81.3 cm³/mol. The molecule has 1 aliphatic rings. The van der Waals surface area contributed by atoms with Gasteiger partial charge in [-0.2, -0.15) is 13.2 Å². The van der Waals surface area contributed by atoms with Crippen molar-refractivity contribution in [3.8, 4) is 0 Å². The molecule has 1 fully saturated rings. The van der Waals surface area contributed by atoms with Crippen LogP contribution in [-0.4, -0.2) is 46.5 Å². The van der Waals surface area contributed by atoms with E-state index in [-0.39, 0.29) is 25.3 Å². The fourth-order valence-corrected chi connectivity index (χ4v) is 2.97. The van der Waals surface area contributed by atoms with E-state index >= 15 is 0 Å². The molecule has 2 rings (SSSR count). The van der Waals surface area contributed by atoms with Gasteiger partial charge in [0, 0.05) is 37.5 Å². The molecule has 0 bridgehead atoms. The molecule has 1 aromatic rings. The normalized spacial score (nSPS) is 21.5. The molecule has 0 aliphatic carbocycles. The standard InChI is InChI=1S/C16H20F3N3O2/c1-3-11-8-20-7-6-13(11)15(24)21-12-4-5-14(16(17,18)19)22(9-12)10(2)23/h6-8,12,14H,3-5,9H2,1-2H3,(H,21,24)/t12-,14-/m1/s1. The van der Waals surface area contributed by atoms with Gasteiger partial charge in [0.05, 0.1) is 0 Å². The number of nitrogens with zero attached hydrogens (tertiary/aromatic N) is 2.